The molecule has 1 aromatic heterocycles. The average molecular weight is 307 g/mol. The number of nitrogens with one attached hydrogen (secondary N) is 2. The minimum atomic E-state index is -0.105. The molecule has 0 fully saturated rings. The first-order valence-corrected chi connectivity index (χ1v) is 7.39. The van der Waals surface area contributed by atoms with Crippen LogP contribution in [-0.4, -0.2) is 28.5 Å². The zero-order valence-corrected chi connectivity index (χ0v) is 12.9. The van der Waals surface area contributed by atoms with Crippen molar-refractivity contribution in [2.45, 2.75) is 32.7 Å². The number of carbonyl (C=O) groups excluding carboxylic acids is 1. The molecule has 0 atom stereocenters. The molecule has 2 aromatic rings. The summed E-state index contributed by atoms with van der Waals surface area (Å²) in [6, 6.07) is 7.83. The molecular weight excluding hydrogens is 288 g/mol. The highest BCUT2D eigenvalue weighted by Crippen LogP contribution is 2.21. The number of halogens is 1. The fraction of sp³-hybridized carbons (Fsp3) is 0.400. The van der Waals surface area contributed by atoms with E-state index in [1.165, 1.54) is 0 Å². The summed E-state index contributed by atoms with van der Waals surface area (Å²) in [5.41, 5.74) is 1.42. The number of fused-ring (bicyclic) bond motifs is 1. The second-order valence-electron chi connectivity index (χ2n) is 5.11. The third-order valence-electron chi connectivity index (χ3n) is 2.92. The van der Waals surface area contributed by atoms with Crippen LogP contribution in [0.25, 0.3) is 11.0 Å². The lowest BCUT2D eigenvalue weighted by atomic mass is 10.2. The number of hydrogen-bond acceptors (Lipinski definition) is 4. The van der Waals surface area contributed by atoms with E-state index in [-0.39, 0.29) is 11.1 Å². The highest BCUT2D eigenvalue weighted by molar-refractivity contribution is 6.32. The van der Waals surface area contributed by atoms with Crippen molar-refractivity contribution in [2.24, 2.45) is 0 Å². The summed E-state index contributed by atoms with van der Waals surface area (Å²) < 4.78 is 0. The molecule has 6 heteroatoms. The molecule has 2 rings (SSSR count). The summed E-state index contributed by atoms with van der Waals surface area (Å²) in [6.07, 6.45) is 1.19. The molecule has 0 aliphatic carbocycles. The largest absolute Gasteiger partial charge is 0.315 e. The maximum atomic E-state index is 11.9. The van der Waals surface area contributed by atoms with Gasteiger partial charge in [-0.05, 0) is 25.1 Å². The average Bonchev–Trinajstić information content (AvgIpc) is 2.44. The van der Waals surface area contributed by atoms with E-state index in [4.69, 9.17) is 11.6 Å². The number of rotatable bonds is 6. The molecule has 0 saturated carbocycles. The smallest absolute Gasteiger partial charge is 0.225 e. The third-order valence-corrected chi connectivity index (χ3v) is 3.18. The predicted molar refractivity (Wildman–Crippen MR) is 85.6 cm³/mol. The minimum Gasteiger partial charge on any atom is -0.315 e. The van der Waals surface area contributed by atoms with Gasteiger partial charge in [-0.1, -0.05) is 37.6 Å². The lowest BCUT2D eigenvalue weighted by molar-refractivity contribution is -0.116. The zero-order valence-electron chi connectivity index (χ0n) is 12.2. The van der Waals surface area contributed by atoms with Crippen LogP contribution in [-0.2, 0) is 4.79 Å². The fourth-order valence-electron chi connectivity index (χ4n) is 1.89. The second-order valence-corrected chi connectivity index (χ2v) is 5.47. The molecule has 1 amide bonds. The number of amides is 1. The maximum absolute atomic E-state index is 11.9. The summed E-state index contributed by atoms with van der Waals surface area (Å²) in [7, 11) is 0. The first-order valence-electron chi connectivity index (χ1n) is 7.02. The molecule has 0 saturated heterocycles. The third kappa shape index (κ3) is 4.65. The van der Waals surface area contributed by atoms with Crippen LogP contribution in [0.5, 0.6) is 0 Å². The van der Waals surface area contributed by atoms with Crippen molar-refractivity contribution in [1.82, 2.24) is 15.3 Å². The van der Waals surface area contributed by atoms with Gasteiger partial charge in [-0.15, -0.1) is 0 Å². The highest BCUT2D eigenvalue weighted by atomic mass is 35.5. The van der Waals surface area contributed by atoms with E-state index in [2.05, 4.69) is 34.4 Å². The second kappa shape index (κ2) is 7.33. The van der Waals surface area contributed by atoms with Crippen LogP contribution in [0, 0.1) is 0 Å². The Balaban J connectivity index is 1.96. The molecule has 2 N–H and O–H groups in total. The van der Waals surface area contributed by atoms with E-state index in [0.717, 1.165) is 13.0 Å². The van der Waals surface area contributed by atoms with Gasteiger partial charge < -0.3 is 10.6 Å². The van der Waals surface area contributed by atoms with Crippen LogP contribution in [0.15, 0.2) is 24.3 Å². The number of carbonyl (C=O) groups is 1. The summed E-state index contributed by atoms with van der Waals surface area (Å²) >= 11 is 6.05. The Hall–Kier alpha value is -1.72. The summed E-state index contributed by atoms with van der Waals surface area (Å²) in [5, 5.41) is 6.19. The molecule has 112 valence electrons. The minimum absolute atomic E-state index is 0.105. The number of hydrogen-bond donors (Lipinski definition) is 2. The van der Waals surface area contributed by atoms with E-state index >= 15 is 0 Å². The molecule has 1 aromatic carbocycles. The standard InChI is InChI=1S/C15H19ClN4O/c1-10(2)17-9-5-8-13(21)20-15-14(16)18-11-6-3-4-7-12(11)19-15/h3-4,6-7,10,17H,5,8-9H2,1-2H3,(H,19,20,21). The first-order chi connectivity index (χ1) is 10.1. The van der Waals surface area contributed by atoms with Gasteiger partial charge >= 0.3 is 0 Å². The summed E-state index contributed by atoms with van der Waals surface area (Å²) in [5.74, 6) is 0.212. The molecule has 5 nitrogen and oxygen atoms in total. The van der Waals surface area contributed by atoms with Crippen molar-refractivity contribution in [3.63, 3.8) is 0 Å². The molecular formula is C15H19ClN4O. The Bertz CT molecular complexity index is 630. The number of para-hydroxylation sites is 2. The Morgan fingerprint density at radius 3 is 2.57 bits per heavy atom. The SMILES string of the molecule is CC(C)NCCCC(=O)Nc1nc2ccccc2nc1Cl. The van der Waals surface area contributed by atoms with Crippen molar-refractivity contribution in [3.8, 4) is 0 Å². The van der Waals surface area contributed by atoms with Crippen LogP contribution in [0.2, 0.25) is 5.15 Å². The zero-order chi connectivity index (χ0) is 15.2. The van der Waals surface area contributed by atoms with Crippen molar-refractivity contribution in [2.75, 3.05) is 11.9 Å². The van der Waals surface area contributed by atoms with E-state index in [1.54, 1.807) is 0 Å². The molecule has 0 unspecified atom stereocenters. The van der Waals surface area contributed by atoms with Crippen molar-refractivity contribution >= 4 is 34.4 Å². The van der Waals surface area contributed by atoms with Crippen LogP contribution in [0.3, 0.4) is 0 Å². The van der Waals surface area contributed by atoms with Crippen LogP contribution >= 0.6 is 11.6 Å². The Morgan fingerprint density at radius 1 is 1.24 bits per heavy atom. The topological polar surface area (TPSA) is 66.9 Å². The van der Waals surface area contributed by atoms with Gasteiger partial charge in [-0.2, -0.15) is 0 Å². The van der Waals surface area contributed by atoms with Gasteiger partial charge in [0.15, 0.2) is 11.0 Å². The lowest BCUT2D eigenvalue weighted by Gasteiger charge is -2.09. The predicted octanol–water partition coefficient (Wildman–Crippen LogP) is 3.00. The Morgan fingerprint density at radius 2 is 1.90 bits per heavy atom. The highest BCUT2D eigenvalue weighted by Gasteiger charge is 2.10. The maximum Gasteiger partial charge on any atom is 0.225 e. The molecule has 21 heavy (non-hydrogen) atoms. The monoisotopic (exact) mass is 306 g/mol. The van der Waals surface area contributed by atoms with Gasteiger partial charge in [0.25, 0.3) is 0 Å². The van der Waals surface area contributed by atoms with E-state index < -0.39 is 0 Å². The summed E-state index contributed by atoms with van der Waals surface area (Å²) in [6.45, 7) is 4.96. The molecule has 1 heterocycles. The fourth-order valence-corrected chi connectivity index (χ4v) is 2.07. The molecule has 0 spiro atoms. The van der Waals surface area contributed by atoms with Gasteiger partial charge in [-0.3, -0.25) is 4.79 Å². The van der Waals surface area contributed by atoms with Crippen LogP contribution in [0.4, 0.5) is 5.82 Å². The van der Waals surface area contributed by atoms with Crippen molar-refractivity contribution in [3.05, 3.63) is 29.4 Å². The van der Waals surface area contributed by atoms with Crippen LogP contribution < -0.4 is 10.6 Å². The van der Waals surface area contributed by atoms with E-state index in [0.29, 0.717) is 29.3 Å². The van der Waals surface area contributed by atoms with Gasteiger partial charge in [0.05, 0.1) is 11.0 Å². The van der Waals surface area contributed by atoms with E-state index in [1.807, 2.05) is 24.3 Å². The number of anilines is 1. The molecule has 0 radical (unpaired) electrons. The molecule has 0 aliphatic rings. The van der Waals surface area contributed by atoms with Crippen LogP contribution in [0.1, 0.15) is 26.7 Å². The van der Waals surface area contributed by atoms with Gasteiger partial charge in [-0.25, -0.2) is 9.97 Å². The Labute approximate surface area is 129 Å². The summed E-state index contributed by atoms with van der Waals surface area (Å²) in [4.78, 5) is 20.4. The molecule has 0 aliphatic heterocycles. The van der Waals surface area contributed by atoms with Gasteiger partial charge in [0.2, 0.25) is 5.91 Å². The first kappa shape index (κ1) is 15.7. The Kier molecular flexibility index (Phi) is 5.47. The van der Waals surface area contributed by atoms with Crippen molar-refractivity contribution in [1.29, 1.82) is 0 Å². The number of benzene rings is 1. The lowest BCUT2D eigenvalue weighted by Crippen LogP contribution is -2.24. The normalized spacial score (nSPS) is 11.0. The number of aromatic nitrogens is 2. The number of nitrogens with zero attached hydrogens (tertiary/aromatic N) is 2. The van der Waals surface area contributed by atoms with Gasteiger partial charge in [0, 0.05) is 12.5 Å². The van der Waals surface area contributed by atoms with Gasteiger partial charge in [0.1, 0.15) is 0 Å². The molecule has 0 bridgehead atoms. The van der Waals surface area contributed by atoms with E-state index in [9.17, 15) is 4.79 Å². The quantitative estimate of drug-likeness (QED) is 0.805. The van der Waals surface area contributed by atoms with Crippen molar-refractivity contribution < 1.29 is 4.79 Å².